The molecule has 1 saturated heterocycles. The molecule has 0 spiro atoms. The minimum atomic E-state index is -0.268. The summed E-state index contributed by atoms with van der Waals surface area (Å²) in [5.41, 5.74) is 3.81. The molecule has 0 atom stereocenters. The van der Waals surface area contributed by atoms with Crippen molar-refractivity contribution in [2.45, 2.75) is 13.1 Å². The number of halogens is 2. The Morgan fingerprint density at radius 3 is 1.43 bits per heavy atom. The molecule has 4 aromatic rings. The second kappa shape index (κ2) is 10.5. The SMILES string of the molecule is CN1Cc2c(C(=O)N3CCN(C(=O)c4ncn5c4CN(C)C(=O)c4cc(Cl)ccc4-5)CC3)ncn2-c2ccc(Cl)cc2C1=O. The third-order valence-electron chi connectivity index (χ3n) is 8.36. The molecule has 12 nitrogen and oxygen atoms in total. The van der Waals surface area contributed by atoms with Crippen molar-refractivity contribution in [2.75, 3.05) is 40.3 Å². The highest BCUT2D eigenvalue weighted by atomic mass is 35.5. The Bertz CT molecular complexity index is 1760. The van der Waals surface area contributed by atoms with Crippen molar-refractivity contribution < 1.29 is 19.2 Å². The minimum absolute atomic E-state index is 0.197. The fourth-order valence-corrected chi connectivity index (χ4v) is 6.36. The van der Waals surface area contributed by atoms with Crippen molar-refractivity contribution in [1.29, 1.82) is 0 Å². The molecule has 0 unspecified atom stereocenters. The molecule has 14 heteroatoms. The summed E-state index contributed by atoms with van der Waals surface area (Å²) in [6.07, 6.45) is 3.11. The summed E-state index contributed by atoms with van der Waals surface area (Å²) < 4.78 is 3.52. The van der Waals surface area contributed by atoms with Crippen LogP contribution in [-0.4, -0.2) is 103 Å². The van der Waals surface area contributed by atoms with Gasteiger partial charge >= 0.3 is 0 Å². The Morgan fingerprint density at radius 1 is 0.659 bits per heavy atom. The van der Waals surface area contributed by atoms with E-state index in [0.29, 0.717) is 70.1 Å². The highest BCUT2D eigenvalue weighted by molar-refractivity contribution is 6.31. The van der Waals surface area contributed by atoms with E-state index in [0.717, 1.165) is 0 Å². The van der Waals surface area contributed by atoms with Gasteiger partial charge in [-0.2, -0.15) is 0 Å². The molecule has 1 fully saturated rings. The molecule has 5 heterocycles. The van der Waals surface area contributed by atoms with E-state index in [1.54, 1.807) is 82.1 Å². The number of carbonyl (C=O) groups excluding carboxylic acids is 4. The summed E-state index contributed by atoms with van der Waals surface area (Å²) in [7, 11) is 3.35. The van der Waals surface area contributed by atoms with Gasteiger partial charge in [0.25, 0.3) is 23.6 Å². The van der Waals surface area contributed by atoms with E-state index in [1.807, 2.05) is 0 Å². The van der Waals surface area contributed by atoms with Crippen LogP contribution in [-0.2, 0) is 13.1 Å². The third kappa shape index (κ3) is 4.44. The Morgan fingerprint density at radius 2 is 1.05 bits per heavy atom. The van der Waals surface area contributed by atoms with Crippen molar-refractivity contribution in [3.05, 3.63) is 93.0 Å². The number of hydrogen-bond acceptors (Lipinski definition) is 6. The smallest absolute Gasteiger partial charge is 0.274 e. The van der Waals surface area contributed by atoms with E-state index in [4.69, 9.17) is 23.2 Å². The van der Waals surface area contributed by atoms with Crippen LogP contribution in [0.1, 0.15) is 53.1 Å². The van der Waals surface area contributed by atoms with Crippen molar-refractivity contribution in [3.63, 3.8) is 0 Å². The fraction of sp³-hybridized carbons (Fsp3) is 0.267. The monoisotopic (exact) mass is 632 g/mol. The second-order valence-corrected chi connectivity index (χ2v) is 11.9. The maximum absolute atomic E-state index is 13.7. The first-order valence-corrected chi connectivity index (χ1v) is 14.7. The van der Waals surface area contributed by atoms with Gasteiger partial charge in [-0.15, -0.1) is 0 Å². The summed E-state index contributed by atoms with van der Waals surface area (Å²) >= 11 is 12.3. The fourth-order valence-electron chi connectivity index (χ4n) is 6.02. The summed E-state index contributed by atoms with van der Waals surface area (Å²) in [6.45, 7) is 1.59. The standard InChI is InChI=1S/C30H26Cl2N8O4/c1-35-13-23-25(33-15-39(23)21-5-3-17(31)11-19(21)27(35)41)29(43)37-7-9-38(10-8-37)30(44)26-24-14-36(2)28(42)20-12-18(32)4-6-22(20)40(24)16-34-26/h3-6,11-12,15-16H,7-10,13-14H2,1-2H3. The largest absolute Gasteiger partial charge is 0.336 e. The average Bonchev–Trinajstić information content (AvgIpc) is 3.58. The first kappa shape index (κ1) is 28.1. The topological polar surface area (TPSA) is 117 Å². The number of carbonyl (C=O) groups is 4. The van der Waals surface area contributed by atoms with Gasteiger partial charge in [-0.05, 0) is 36.4 Å². The van der Waals surface area contributed by atoms with Crippen LogP contribution >= 0.6 is 23.2 Å². The lowest BCUT2D eigenvalue weighted by Gasteiger charge is -2.34. The molecule has 0 aliphatic carbocycles. The van der Waals surface area contributed by atoms with E-state index in [-0.39, 0.29) is 48.1 Å². The van der Waals surface area contributed by atoms with E-state index in [2.05, 4.69) is 9.97 Å². The van der Waals surface area contributed by atoms with Gasteiger partial charge < -0.3 is 19.6 Å². The highest BCUT2D eigenvalue weighted by Crippen LogP contribution is 2.30. The molecule has 0 bridgehead atoms. The van der Waals surface area contributed by atoms with Gasteiger partial charge in [0.05, 0.1) is 47.0 Å². The molecule has 4 amide bonds. The normalized spacial score (nSPS) is 16.2. The van der Waals surface area contributed by atoms with Crippen molar-refractivity contribution in [1.82, 2.24) is 38.7 Å². The summed E-state index contributed by atoms with van der Waals surface area (Å²) in [5, 5.41) is 0.888. The number of imidazole rings is 2. The van der Waals surface area contributed by atoms with Crippen LogP contribution in [0.15, 0.2) is 49.1 Å². The molecule has 3 aliphatic heterocycles. The van der Waals surface area contributed by atoms with Crippen LogP contribution in [0.2, 0.25) is 10.0 Å². The van der Waals surface area contributed by atoms with E-state index >= 15 is 0 Å². The Hall–Kier alpha value is -4.68. The number of aromatic nitrogens is 4. The number of benzene rings is 2. The zero-order valence-electron chi connectivity index (χ0n) is 23.8. The van der Waals surface area contributed by atoms with E-state index in [1.165, 1.54) is 9.80 Å². The number of nitrogens with zero attached hydrogens (tertiary/aromatic N) is 8. The molecule has 2 aromatic heterocycles. The molecule has 0 N–H and O–H groups in total. The number of rotatable bonds is 2. The zero-order chi connectivity index (χ0) is 30.9. The molecule has 0 radical (unpaired) electrons. The molecule has 0 saturated carbocycles. The van der Waals surface area contributed by atoms with Crippen molar-refractivity contribution in [2.24, 2.45) is 0 Å². The molecule has 3 aliphatic rings. The van der Waals surface area contributed by atoms with Crippen LogP contribution in [0.4, 0.5) is 0 Å². The minimum Gasteiger partial charge on any atom is -0.336 e. The Balaban J connectivity index is 1.10. The third-order valence-corrected chi connectivity index (χ3v) is 8.83. The Kier molecular flexibility index (Phi) is 6.70. The number of fused-ring (bicyclic) bond motifs is 6. The quantitative estimate of drug-likeness (QED) is 0.335. The number of piperazine rings is 1. The average molecular weight is 633 g/mol. The lowest BCUT2D eigenvalue weighted by molar-refractivity contribution is 0.0526. The number of hydrogen-bond donors (Lipinski definition) is 0. The zero-order valence-corrected chi connectivity index (χ0v) is 25.3. The highest BCUT2D eigenvalue weighted by Gasteiger charge is 2.34. The first-order valence-electron chi connectivity index (χ1n) is 13.9. The van der Waals surface area contributed by atoms with Gasteiger partial charge in [-0.3, -0.25) is 28.3 Å². The lowest BCUT2D eigenvalue weighted by Crippen LogP contribution is -2.51. The van der Waals surface area contributed by atoms with Crippen LogP contribution in [0, 0.1) is 0 Å². The summed E-state index contributed by atoms with van der Waals surface area (Å²) in [4.78, 5) is 68.8. The maximum Gasteiger partial charge on any atom is 0.274 e. The lowest BCUT2D eigenvalue weighted by atomic mass is 10.1. The van der Waals surface area contributed by atoms with Crippen LogP contribution < -0.4 is 0 Å². The summed E-state index contributed by atoms with van der Waals surface area (Å²) in [6, 6.07) is 10.1. The molecule has 7 rings (SSSR count). The molecule has 224 valence electrons. The van der Waals surface area contributed by atoms with Gasteiger partial charge in [0.2, 0.25) is 0 Å². The molecule has 44 heavy (non-hydrogen) atoms. The Labute approximate surface area is 262 Å². The predicted octanol–water partition coefficient (Wildman–Crippen LogP) is 3.13. The van der Waals surface area contributed by atoms with Gasteiger partial charge in [-0.25, -0.2) is 9.97 Å². The van der Waals surface area contributed by atoms with Gasteiger partial charge in [0, 0.05) is 50.3 Å². The van der Waals surface area contributed by atoms with E-state index < -0.39 is 0 Å². The number of amides is 4. The maximum atomic E-state index is 13.7. The predicted molar refractivity (Wildman–Crippen MR) is 161 cm³/mol. The summed E-state index contributed by atoms with van der Waals surface area (Å²) in [5.74, 6) is -0.931. The van der Waals surface area contributed by atoms with Crippen molar-refractivity contribution in [3.8, 4) is 11.4 Å². The van der Waals surface area contributed by atoms with Gasteiger partial charge in [0.1, 0.15) is 12.7 Å². The van der Waals surface area contributed by atoms with Gasteiger partial charge in [-0.1, -0.05) is 23.2 Å². The second-order valence-electron chi connectivity index (χ2n) is 11.0. The van der Waals surface area contributed by atoms with Crippen LogP contribution in [0.3, 0.4) is 0 Å². The molecule has 2 aromatic carbocycles. The van der Waals surface area contributed by atoms with Crippen LogP contribution in [0.5, 0.6) is 0 Å². The molecular weight excluding hydrogens is 607 g/mol. The first-order chi connectivity index (χ1) is 21.1. The van der Waals surface area contributed by atoms with E-state index in [9.17, 15) is 19.2 Å². The van der Waals surface area contributed by atoms with Gasteiger partial charge in [0.15, 0.2) is 11.4 Å². The molecular formula is C30H26Cl2N8O4. The van der Waals surface area contributed by atoms with Crippen molar-refractivity contribution >= 4 is 46.8 Å². The van der Waals surface area contributed by atoms with Crippen LogP contribution in [0.25, 0.3) is 11.4 Å².